The lowest BCUT2D eigenvalue weighted by Crippen LogP contribution is -2.58. The van der Waals surface area contributed by atoms with Crippen molar-refractivity contribution >= 4 is 11.8 Å². The molecule has 4 unspecified atom stereocenters. The molecule has 0 bridgehead atoms. The molecule has 2 saturated carbocycles. The van der Waals surface area contributed by atoms with Crippen LogP contribution in [0.2, 0.25) is 0 Å². The van der Waals surface area contributed by atoms with E-state index in [-0.39, 0.29) is 31.0 Å². The summed E-state index contributed by atoms with van der Waals surface area (Å²) in [6.07, 6.45) is 11.7. The van der Waals surface area contributed by atoms with Crippen molar-refractivity contribution in [2.24, 2.45) is 5.92 Å². The number of fused-ring (bicyclic) bond motifs is 3. The summed E-state index contributed by atoms with van der Waals surface area (Å²) in [7, 11) is 0. The minimum absolute atomic E-state index is 0.0628. The normalized spacial score (nSPS) is 28.1. The number of aliphatic hydroxyl groups is 2. The zero-order valence-electron chi connectivity index (χ0n) is 21.1. The maximum Gasteiger partial charge on any atom is 0.247 e. The maximum atomic E-state index is 13.8. The first-order valence-electron chi connectivity index (χ1n) is 13.9. The summed E-state index contributed by atoms with van der Waals surface area (Å²) < 4.78 is 6.24. The van der Waals surface area contributed by atoms with Gasteiger partial charge in [-0.1, -0.05) is 63.1 Å². The van der Waals surface area contributed by atoms with Crippen molar-refractivity contribution in [1.82, 2.24) is 10.2 Å². The van der Waals surface area contributed by atoms with Gasteiger partial charge in [0.2, 0.25) is 11.8 Å². The number of para-hydroxylation sites is 1. The predicted octanol–water partition coefficient (Wildman–Crippen LogP) is 3.44. The van der Waals surface area contributed by atoms with E-state index in [1.165, 1.54) is 32.1 Å². The number of carbonyl (C=O) groups excluding carboxylic acids is 2. The second-order valence-corrected chi connectivity index (χ2v) is 11.0. The van der Waals surface area contributed by atoms with E-state index in [0.717, 1.165) is 37.7 Å². The Morgan fingerprint density at radius 3 is 2.50 bits per heavy atom. The Balaban J connectivity index is 1.47. The van der Waals surface area contributed by atoms with Gasteiger partial charge in [-0.3, -0.25) is 9.59 Å². The molecule has 3 N–H and O–H groups in total. The molecule has 0 saturated heterocycles. The monoisotopic (exact) mass is 496 g/mol. The van der Waals surface area contributed by atoms with Crippen LogP contribution in [0.5, 0.6) is 5.75 Å². The van der Waals surface area contributed by atoms with Crippen molar-refractivity contribution in [3.63, 3.8) is 0 Å². The molecule has 4 aliphatic rings. The van der Waals surface area contributed by atoms with E-state index >= 15 is 0 Å². The molecule has 2 amide bonds. The molecule has 4 atom stereocenters. The van der Waals surface area contributed by atoms with E-state index in [0.29, 0.717) is 23.7 Å². The third kappa shape index (κ3) is 5.05. The van der Waals surface area contributed by atoms with Gasteiger partial charge in [-0.05, 0) is 37.3 Å². The fourth-order valence-electron chi connectivity index (χ4n) is 6.89. The van der Waals surface area contributed by atoms with Crippen molar-refractivity contribution in [2.45, 2.75) is 101 Å². The molecule has 5 rings (SSSR count). The predicted molar refractivity (Wildman–Crippen MR) is 136 cm³/mol. The Hall–Kier alpha value is -2.38. The van der Waals surface area contributed by atoms with Crippen LogP contribution in [0.4, 0.5) is 0 Å². The maximum absolute atomic E-state index is 13.8. The van der Waals surface area contributed by atoms with Crippen LogP contribution in [-0.4, -0.2) is 64.4 Å². The van der Waals surface area contributed by atoms with E-state index in [1.807, 2.05) is 35.2 Å². The Morgan fingerprint density at radius 2 is 1.75 bits per heavy atom. The second-order valence-electron chi connectivity index (χ2n) is 11.0. The SMILES string of the molecule is O=C(NCCO)C1=CC(N(C(=O)CCC2CCCC2)C2CCCCC2)C(O)C2Oc3ccccc3C12. The number of carbonyl (C=O) groups is 2. The van der Waals surface area contributed by atoms with Crippen molar-refractivity contribution in [3.8, 4) is 5.75 Å². The molecule has 0 aromatic heterocycles. The van der Waals surface area contributed by atoms with E-state index in [9.17, 15) is 19.8 Å². The van der Waals surface area contributed by atoms with Gasteiger partial charge in [0.1, 0.15) is 18.0 Å². The summed E-state index contributed by atoms with van der Waals surface area (Å²) in [4.78, 5) is 29.0. The van der Waals surface area contributed by atoms with E-state index in [1.54, 1.807) is 0 Å². The zero-order valence-corrected chi connectivity index (χ0v) is 21.1. The number of aliphatic hydroxyl groups excluding tert-OH is 2. The second kappa shape index (κ2) is 11.3. The number of benzene rings is 1. The lowest BCUT2D eigenvalue weighted by molar-refractivity contribution is -0.141. The summed E-state index contributed by atoms with van der Waals surface area (Å²) in [6.45, 7) is -0.00392. The van der Waals surface area contributed by atoms with Crippen LogP contribution in [0.15, 0.2) is 35.9 Å². The Kier molecular flexibility index (Phi) is 7.96. The highest BCUT2D eigenvalue weighted by Crippen LogP contribution is 2.47. The molecule has 2 fully saturated rings. The number of nitrogens with one attached hydrogen (secondary N) is 1. The van der Waals surface area contributed by atoms with Gasteiger partial charge in [-0.15, -0.1) is 0 Å². The lowest BCUT2D eigenvalue weighted by Gasteiger charge is -2.45. The molecule has 7 heteroatoms. The van der Waals surface area contributed by atoms with Crippen LogP contribution < -0.4 is 10.1 Å². The molecule has 1 heterocycles. The smallest absolute Gasteiger partial charge is 0.247 e. The van der Waals surface area contributed by atoms with Gasteiger partial charge in [0.25, 0.3) is 0 Å². The molecule has 0 radical (unpaired) electrons. The third-order valence-corrected chi connectivity index (χ3v) is 8.70. The number of amides is 2. The average Bonchev–Trinajstić information content (AvgIpc) is 3.56. The van der Waals surface area contributed by atoms with Crippen molar-refractivity contribution in [1.29, 1.82) is 0 Å². The van der Waals surface area contributed by atoms with E-state index < -0.39 is 24.2 Å². The van der Waals surface area contributed by atoms with Crippen LogP contribution in [0.3, 0.4) is 0 Å². The van der Waals surface area contributed by atoms with Crippen LogP contribution in [0, 0.1) is 5.92 Å². The summed E-state index contributed by atoms with van der Waals surface area (Å²) in [5.74, 6) is 0.681. The quantitative estimate of drug-likeness (QED) is 0.512. The molecule has 196 valence electrons. The Bertz CT molecular complexity index is 966. The fraction of sp³-hybridized carbons (Fsp3) is 0.655. The summed E-state index contributed by atoms with van der Waals surface area (Å²) >= 11 is 0. The number of nitrogens with zero attached hydrogens (tertiary/aromatic N) is 1. The molecule has 1 aromatic rings. The number of ether oxygens (including phenoxy) is 1. The minimum Gasteiger partial charge on any atom is -0.486 e. The van der Waals surface area contributed by atoms with Gasteiger partial charge in [0.15, 0.2) is 0 Å². The molecule has 3 aliphatic carbocycles. The van der Waals surface area contributed by atoms with Gasteiger partial charge in [-0.2, -0.15) is 0 Å². The number of hydrogen-bond acceptors (Lipinski definition) is 5. The van der Waals surface area contributed by atoms with Crippen molar-refractivity contribution < 1.29 is 24.5 Å². The van der Waals surface area contributed by atoms with Crippen LogP contribution in [0.25, 0.3) is 0 Å². The van der Waals surface area contributed by atoms with Crippen molar-refractivity contribution in [3.05, 3.63) is 41.5 Å². The average molecular weight is 497 g/mol. The Morgan fingerprint density at radius 1 is 1.03 bits per heavy atom. The van der Waals surface area contributed by atoms with Gasteiger partial charge < -0.3 is 25.2 Å². The highest BCUT2D eigenvalue weighted by Gasteiger charge is 2.51. The molecule has 0 spiro atoms. The third-order valence-electron chi connectivity index (χ3n) is 8.70. The lowest BCUT2D eigenvalue weighted by atomic mass is 9.76. The van der Waals surface area contributed by atoms with Gasteiger partial charge in [0, 0.05) is 30.1 Å². The van der Waals surface area contributed by atoms with Crippen LogP contribution in [0.1, 0.15) is 82.1 Å². The first kappa shape index (κ1) is 25.3. The standard InChI is InChI=1S/C29H40N2O5/c32-17-16-30-29(35)22-18-23(27(34)28-26(22)21-12-6-7-13-24(21)36-28)31(20-10-2-1-3-11-20)25(33)15-14-19-8-4-5-9-19/h6-7,12-13,18-20,23,26-28,32,34H,1-5,8-11,14-17H2,(H,30,35). The largest absolute Gasteiger partial charge is 0.486 e. The van der Waals surface area contributed by atoms with Gasteiger partial charge >= 0.3 is 0 Å². The van der Waals surface area contributed by atoms with E-state index in [4.69, 9.17) is 4.74 Å². The molecule has 36 heavy (non-hydrogen) atoms. The van der Waals surface area contributed by atoms with E-state index in [2.05, 4.69) is 5.32 Å². The van der Waals surface area contributed by atoms with Crippen molar-refractivity contribution in [2.75, 3.05) is 13.2 Å². The molecule has 1 aliphatic heterocycles. The first-order chi connectivity index (χ1) is 17.6. The number of rotatable bonds is 8. The van der Waals surface area contributed by atoms with Gasteiger partial charge in [0.05, 0.1) is 18.6 Å². The molecular formula is C29H40N2O5. The highest BCUT2D eigenvalue weighted by atomic mass is 16.5. The summed E-state index contributed by atoms with van der Waals surface area (Å²) in [6, 6.07) is 7.04. The molecule has 1 aromatic carbocycles. The molecular weight excluding hydrogens is 456 g/mol. The zero-order chi connectivity index (χ0) is 25.1. The van der Waals surface area contributed by atoms with Gasteiger partial charge in [-0.25, -0.2) is 0 Å². The Labute approximate surface area is 213 Å². The van der Waals surface area contributed by atoms with Crippen LogP contribution in [-0.2, 0) is 9.59 Å². The first-order valence-corrected chi connectivity index (χ1v) is 13.9. The summed E-state index contributed by atoms with van der Waals surface area (Å²) in [5, 5.41) is 23.8. The highest BCUT2D eigenvalue weighted by molar-refractivity contribution is 5.96. The minimum atomic E-state index is -0.936. The van der Waals surface area contributed by atoms with Crippen LogP contribution >= 0.6 is 0 Å². The topological polar surface area (TPSA) is 99.1 Å². The molecule has 7 nitrogen and oxygen atoms in total. The number of hydrogen-bond donors (Lipinski definition) is 3. The summed E-state index contributed by atoms with van der Waals surface area (Å²) in [5.41, 5.74) is 1.39. The fourth-order valence-corrected chi connectivity index (χ4v) is 6.89.